The third kappa shape index (κ3) is 1.15. The maximum atomic E-state index is 5.63. The Balaban J connectivity index is 2.01. The molecule has 2 N–H and O–H groups in total. The van der Waals surface area contributed by atoms with Crippen molar-refractivity contribution in [3.8, 4) is 0 Å². The molecule has 4 heteroatoms. The highest BCUT2D eigenvalue weighted by Gasteiger charge is 2.46. The molecule has 2 saturated heterocycles. The average molecular weight is 172 g/mol. The molecule has 0 aromatic carbocycles. The lowest BCUT2D eigenvalue weighted by Crippen LogP contribution is -2.41. The Morgan fingerprint density at radius 2 is 1.33 bits per heavy atom. The van der Waals surface area contributed by atoms with E-state index in [1.807, 2.05) is 14.1 Å². The minimum atomic E-state index is 0.243. The Morgan fingerprint density at radius 3 is 1.67 bits per heavy atom. The molecule has 4 nitrogen and oxygen atoms in total. The Labute approximate surface area is 72.6 Å². The minimum Gasteiger partial charge on any atom is -0.372 e. The average Bonchev–Trinajstić information content (AvgIpc) is 2.62. The van der Waals surface area contributed by atoms with Gasteiger partial charge in [0, 0.05) is 0 Å². The van der Waals surface area contributed by atoms with Crippen LogP contribution in [0.1, 0.15) is 0 Å². The van der Waals surface area contributed by atoms with Gasteiger partial charge in [0.1, 0.15) is 12.2 Å². The monoisotopic (exact) mass is 172 g/mol. The van der Waals surface area contributed by atoms with Crippen molar-refractivity contribution in [3.05, 3.63) is 0 Å². The molecule has 2 aliphatic heterocycles. The van der Waals surface area contributed by atoms with Crippen molar-refractivity contribution in [2.45, 2.75) is 24.3 Å². The van der Waals surface area contributed by atoms with Gasteiger partial charge in [-0.05, 0) is 14.1 Å². The van der Waals surface area contributed by atoms with Gasteiger partial charge in [0.05, 0.1) is 25.3 Å². The third-order valence-corrected chi connectivity index (χ3v) is 2.79. The Hall–Kier alpha value is -0.160. The summed E-state index contributed by atoms with van der Waals surface area (Å²) in [4.78, 5) is 0. The SMILES string of the molecule is CNC1CO[C@@H]2C(NC)CO[C@H]12. The van der Waals surface area contributed by atoms with Crippen molar-refractivity contribution >= 4 is 0 Å². The van der Waals surface area contributed by atoms with Crippen molar-refractivity contribution < 1.29 is 9.47 Å². The zero-order chi connectivity index (χ0) is 8.55. The van der Waals surface area contributed by atoms with E-state index in [4.69, 9.17) is 9.47 Å². The second kappa shape index (κ2) is 3.30. The van der Waals surface area contributed by atoms with E-state index in [1.165, 1.54) is 0 Å². The van der Waals surface area contributed by atoms with E-state index in [-0.39, 0.29) is 12.2 Å². The number of hydrogen-bond donors (Lipinski definition) is 2. The molecule has 70 valence electrons. The van der Waals surface area contributed by atoms with Gasteiger partial charge in [-0.1, -0.05) is 0 Å². The van der Waals surface area contributed by atoms with E-state index in [1.54, 1.807) is 0 Å². The molecular weight excluding hydrogens is 156 g/mol. The van der Waals surface area contributed by atoms with Crippen LogP contribution in [0.15, 0.2) is 0 Å². The molecule has 2 aliphatic rings. The minimum absolute atomic E-state index is 0.243. The van der Waals surface area contributed by atoms with Crippen molar-refractivity contribution in [3.63, 3.8) is 0 Å². The summed E-state index contributed by atoms with van der Waals surface area (Å²) >= 11 is 0. The number of ether oxygens (including phenoxy) is 2. The fourth-order valence-corrected chi connectivity index (χ4v) is 1.99. The first kappa shape index (κ1) is 8.44. The van der Waals surface area contributed by atoms with Crippen LogP contribution in [-0.2, 0) is 9.47 Å². The topological polar surface area (TPSA) is 42.5 Å². The predicted octanol–water partition coefficient (Wildman–Crippen LogP) is -1.04. The standard InChI is InChI=1S/C8H16N2O2/c1-9-5-3-11-8-6(10-2)4-12-7(5)8/h5-10H,3-4H2,1-2H3/t5?,6?,7-,8-/m1/s1. The number of hydrogen-bond acceptors (Lipinski definition) is 4. The maximum Gasteiger partial charge on any atom is 0.103 e. The van der Waals surface area contributed by atoms with Gasteiger partial charge in [-0.2, -0.15) is 0 Å². The summed E-state index contributed by atoms with van der Waals surface area (Å²) in [6.45, 7) is 1.54. The maximum absolute atomic E-state index is 5.63. The first-order chi connectivity index (χ1) is 5.86. The van der Waals surface area contributed by atoms with E-state index >= 15 is 0 Å². The first-order valence-corrected chi connectivity index (χ1v) is 4.44. The van der Waals surface area contributed by atoms with E-state index < -0.39 is 0 Å². The van der Waals surface area contributed by atoms with Crippen molar-refractivity contribution in [1.82, 2.24) is 10.6 Å². The third-order valence-electron chi connectivity index (χ3n) is 2.79. The summed E-state index contributed by atoms with van der Waals surface area (Å²) in [5, 5.41) is 6.40. The molecule has 0 radical (unpaired) electrons. The fourth-order valence-electron chi connectivity index (χ4n) is 1.99. The van der Waals surface area contributed by atoms with Crippen molar-refractivity contribution in [1.29, 1.82) is 0 Å². The number of fused-ring (bicyclic) bond motifs is 1. The highest BCUT2D eigenvalue weighted by Crippen LogP contribution is 2.26. The largest absolute Gasteiger partial charge is 0.372 e. The van der Waals surface area contributed by atoms with Gasteiger partial charge in [-0.3, -0.25) is 0 Å². The van der Waals surface area contributed by atoms with Crippen LogP contribution < -0.4 is 10.6 Å². The van der Waals surface area contributed by atoms with Crippen LogP contribution >= 0.6 is 0 Å². The molecule has 0 aromatic rings. The summed E-state index contributed by atoms with van der Waals surface area (Å²) in [5.41, 5.74) is 0. The summed E-state index contributed by atoms with van der Waals surface area (Å²) < 4.78 is 11.3. The van der Waals surface area contributed by atoms with Crippen LogP contribution in [0.5, 0.6) is 0 Å². The van der Waals surface area contributed by atoms with Crippen LogP contribution in [0, 0.1) is 0 Å². The van der Waals surface area contributed by atoms with Crippen LogP contribution in [-0.4, -0.2) is 51.6 Å². The van der Waals surface area contributed by atoms with E-state index in [2.05, 4.69) is 10.6 Å². The predicted molar refractivity (Wildman–Crippen MR) is 45.2 cm³/mol. The van der Waals surface area contributed by atoms with Crippen LogP contribution in [0.2, 0.25) is 0 Å². The van der Waals surface area contributed by atoms with E-state index in [0.29, 0.717) is 12.1 Å². The molecule has 0 amide bonds. The summed E-state index contributed by atoms with van der Waals surface area (Å²) in [7, 11) is 3.90. The Kier molecular flexibility index (Phi) is 2.32. The second-order valence-corrected chi connectivity index (χ2v) is 3.39. The highest BCUT2D eigenvalue weighted by molar-refractivity contribution is 4.99. The Morgan fingerprint density at radius 1 is 0.917 bits per heavy atom. The quantitative estimate of drug-likeness (QED) is 0.558. The lowest BCUT2D eigenvalue weighted by Gasteiger charge is -2.15. The summed E-state index contributed by atoms with van der Waals surface area (Å²) in [6.07, 6.45) is 0.486. The van der Waals surface area contributed by atoms with Gasteiger partial charge in [-0.15, -0.1) is 0 Å². The second-order valence-electron chi connectivity index (χ2n) is 3.39. The molecule has 2 rings (SSSR count). The van der Waals surface area contributed by atoms with Gasteiger partial charge in [-0.25, -0.2) is 0 Å². The van der Waals surface area contributed by atoms with Gasteiger partial charge in [0.25, 0.3) is 0 Å². The van der Waals surface area contributed by atoms with Gasteiger partial charge in [0.15, 0.2) is 0 Å². The van der Waals surface area contributed by atoms with Crippen LogP contribution in [0.4, 0.5) is 0 Å². The molecule has 0 aliphatic carbocycles. The molecule has 12 heavy (non-hydrogen) atoms. The van der Waals surface area contributed by atoms with Crippen LogP contribution in [0.3, 0.4) is 0 Å². The number of nitrogens with one attached hydrogen (secondary N) is 2. The molecule has 4 atom stereocenters. The molecule has 2 heterocycles. The number of likely N-dealkylation sites (N-methyl/N-ethyl adjacent to an activating group) is 2. The lowest BCUT2D eigenvalue weighted by atomic mass is 10.1. The zero-order valence-corrected chi connectivity index (χ0v) is 7.54. The molecule has 0 bridgehead atoms. The highest BCUT2D eigenvalue weighted by atomic mass is 16.6. The molecule has 2 unspecified atom stereocenters. The zero-order valence-electron chi connectivity index (χ0n) is 7.54. The fraction of sp³-hybridized carbons (Fsp3) is 1.00. The lowest BCUT2D eigenvalue weighted by molar-refractivity contribution is 0.0664. The summed E-state index contributed by atoms with van der Waals surface area (Å²) in [6, 6.07) is 0.738. The molecular formula is C8H16N2O2. The van der Waals surface area contributed by atoms with E-state index in [9.17, 15) is 0 Å². The normalized spacial score (nSPS) is 46.5. The van der Waals surface area contributed by atoms with Gasteiger partial charge in [0.2, 0.25) is 0 Å². The van der Waals surface area contributed by atoms with Crippen LogP contribution in [0.25, 0.3) is 0 Å². The van der Waals surface area contributed by atoms with E-state index in [0.717, 1.165) is 13.2 Å². The summed E-state index contributed by atoms with van der Waals surface area (Å²) in [5.74, 6) is 0. The van der Waals surface area contributed by atoms with Gasteiger partial charge < -0.3 is 20.1 Å². The van der Waals surface area contributed by atoms with Gasteiger partial charge >= 0.3 is 0 Å². The molecule has 0 aromatic heterocycles. The van der Waals surface area contributed by atoms with Crippen molar-refractivity contribution in [2.75, 3.05) is 27.3 Å². The Bertz CT molecular complexity index is 147. The molecule has 0 saturated carbocycles. The number of rotatable bonds is 2. The molecule has 2 fully saturated rings. The van der Waals surface area contributed by atoms with Crippen molar-refractivity contribution in [2.24, 2.45) is 0 Å². The first-order valence-electron chi connectivity index (χ1n) is 4.44. The smallest absolute Gasteiger partial charge is 0.103 e. The molecule has 0 spiro atoms.